The molecule has 0 saturated carbocycles. The average molecular weight is 525 g/mol. The Morgan fingerprint density at radius 2 is 1.43 bits per heavy atom. The molecule has 2 heterocycles. The third-order valence-corrected chi connectivity index (χ3v) is 5.82. The minimum atomic E-state index is -1.47. The van der Waals surface area contributed by atoms with Crippen molar-refractivity contribution in [1.82, 2.24) is 9.80 Å². The number of nitrogens with zero attached hydrogens (tertiary/aromatic N) is 2. The maximum absolute atomic E-state index is 12.9. The Morgan fingerprint density at radius 3 is 2.03 bits per heavy atom. The van der Waals surface area contributed by atoms with Gasteiger partial charge >= 0.3 is 59.1 Å². The van der Waals surface area contributed by atoms with E-state index < -0.39 is 41.4 Å². The van der Waals surface area contributed by atoms with Crippen LogP contribution in [-0.4, -0.2) is 69.5 Å². The zero-order valence-electron chi connectivity index (χ0n) is 20.9. The van der Waals surface area contributed by atoms with E-state index in [0.29, 0.717) is 0 Å². The van der Waals surface area contributed by atoms with Gasteiger partial charge in [-0.25, -0.2) is 4.90 Å². The molecule has 0 saturated heterocycles. The molecule has 0 bridgehead atoms. The third-order valence-electron chi connectivity index (χ3n) is 5.82. The van der Waals surface area contributed by atoms with E-state index in [9.17, 15) is 33.9 Å². The van der Waals surface area contributed by atoms with Gasteiger partial charge < -0.3 is 24.9 Å². The number of amides is 4. The van der Waals surface area contributed by atoms with Crippen molar-refractivity contribution in [3.63, 3.8) is 0 Å². The van der Waals surface area contributed by atoms with Crippen molar-refractivity contribution in [3.05, 3.63) is 69.8 Å². The molecule has 2 aliphatic rings. The molecule has 11 nitrogen and oxygen atoms in total. The number of rotatable bonds is 7. The summed E-state index contributed by atoms with van der Waals surface area (Å²) in [5.74, 6) is -4.03. The smallest absolute Gasteiger partial charge is 0.870 e. The molecule has 182 valence electrons. The number of aromatic carboxylic acids is 1. The molecular formula is C24H19N2Na2O9-. The van der Waals surface area contributed by atoms with E-state index >= 15 is 0 Å². The summed E-state index contributed by atoms with van der Waals surface area (Å²) in [6.07, 6.45) is 1.67. The van der Waals surface area contributed by atoms with Gasteiger partial charge in [-0.15, -0.1) is 12.1 Å². The predicted octanol–water partition coefficient (Wildman–Crippen LogP) is -5.63. The topological polar surface area (TPSA) is 171 Å². The van der Waals surface area contributed by atoms with Crippen molar-refractivity contribution in [3.8, 4) is 0 Å². The van der Waals surface area contributed by atoms with E-state index in [1.54, 1.807) is 13.2 Å². The number of imide groups is 2. The van der Waals surface area contributed by atoms with E-state index in [1.807, 2.05) is 0 Å². The van der Waals surface area contributed by atoms with Gasteiger partial charge in [0.15, 0.2) is 0 Å². The fourth-order valence-electron chi connectivity index (χ4n) is 4.04. The summed E-state index contributed by atoms with van der Waals surface area (Å²) in [7, 11) is 0. The van der Waals surface area contributed by atoms with Crippen LogP contribution in [-0.2, 0) is 9.53 Å². The van der Waals surface area contributed by atoms with Gasteiger partial charge in [0.1, 0.15) is 5.72 Å². The quantitative estimate of drug-likeness (QED) is 0.194. The van der Waals surface area contributed by atoms with Crippen LogP contribution in [0.5, 0.6) is 0 Å². The molecule has 0 radical (unpaired) electrons. The third kappa shape index (κ3) is 5.64. The number of carboxylic acids is 1. The second-order valence-electron chi connectivity index (χ2n) is 8.44. The number of carbonyl (C=O) groups is 5. The van der Waals surface area contributed by atoms with Gasteiger partial charge in [-0.05, 0) is 44.0 Å². The molecule has 0 aromatic heterocycles. The summed E-state index contributed by atoms with van der Waals surface area (Å²) in [4.78, 5) is 75.2. The van der Waals surface area contributed by atoms with Crippen LogP contribution in [0.3, 0.4) is 0 Å². The molecule has 1 atom stereocenters. The van der Waals surface area contributed by atoms with Crippen molar-refractivity contribution in [2.75, 3.05) is 6.61 Å². The summed E-state index contributed by atoms with van der Waals surface area (Å²) < 4.78 is 5.83. The number of fused-ring (bicyclic) bond motifs is 2. The molecular weight excluding hydrogens is 506 g/mol. The Labute approximate surface area is 256 Å². The zero-order valence-corrected chi connectivity index (χ0v) is 24.9. The summed E-state index contributed by atoms with van der Waals surface area (Å²) in [5, 5.41) is 11.1. The molecule has 2 aliphatic heterocycles. The van der Waals surface area contributed by atoms with Gasteiger partial charge in [0.05, 0.1) is 36.0 Å². The number of hydrogen-bond acceptors (Lipinski definition) is 9. The SMILES string of the molecule is CC(COC(C)(C)N1C(=O)c2ccc([C-]=O)cc2C1=O)N1C(=O)c2ccc(C(=O)[O-])cc2C1=O.[Na+].[Na+].[OH-]. The molecule has 4 amide bonds. The summed E-state index contributed by atoms with van der Waals surface area (Å²) in [6, 6.07) is 6.75. The Kier molecular flexibility index (Phi) is 10.7. The molecule has 1 unspecified atom stereocenters. The van der Waals surface area contributed by atoms with E-state index in [-0.39, 0.29) is 105 Å². The largest absolute Gasteiger partial charge is 1.00 e. The van der Waals surface area contributed by atoms with Crippen LogP contribution in [0.4, 0.5) is 0 Å². The Hall–Kier alpha value is -2.22. The molecule has 37 heavy (non-hydrogen) atoms. The summed E-state index contributed by atoms with van der Waals surface area (Å²) in [5.41, 5.74) is -1.37. The Bertz CT molecular complexity index is 1310. The molecule has 0 aliphatic carbocycles. The van der Waals surface area contributed by atoms with Gasteiger partial charge in [-0.3, -0.25) is 24.1 Å². The van der Waals surface area contributed by atoms with E-state index in [0.717, 1.165) is 15.9 Å². The molecule has 13 heteroatoms. The number of benzene rings is 2. The Balaban J connectivity index is 0.00000228. The van der Waals surface area contributed by atoms with Crippen molar-refractivity contribution in [2.45, 2.75) is 32.5 Å². The molecule has 0 fully saturated rings. The number of carboxylic acid groups (broad SMARTS) is 1. The van der Waals surface area contributed by atoms with Gasteiger partial charge in [0, 0.05) is 5.56 Å². The first kappa shape index (κ1) is 32.8. The average Bonchev–Trinajstić information content (AvgIpc) is 3.21. The number of hydrogen-bond donors (Lipinski definition) is 0. The minimum Gasteiger partial charge on any atom is -0.870 e. The van der Waals surface area contributed by atoms with Crippen LogP contribution in [0, 0.1) is 0 Å². The van der Waals surface area contributed by atoms with Crippen molar-refractivity contribution in [1.29, 1.82) is 0 Å². The second kappa shape index (κ2) is 12.1. The summed E-state index contributed by atoms with van der Waals surface area (Å²) >= 11 is 0. The first-order valence-electron chi connectivity index (χ1n) is 10.3. The zero-order chi connectivity index (χ0) is 24.9. The van der Waals surface area contributed by atoms with E-state index in [2.05, 4.69) is 0 Å². The monoisotopic (exact) mass is 525 g/mol. The van der Waals surface area contributed by atoms with Crippen LogP contribution < -0.4 is 64.2 Å². The molecule has 2 aromatic carbocycles. The maximum Gasteiger partial charge on any atom is 1.00 e. The number of carbonyl (C=O) groups excluding carboxylic acids is 6. The predicted molar refractivity (Wildman–Crippen MR) is 114 cm³/mol. The second-order valence-corrected chi connectivity index (χ2v) is 8.44. The van der Waals surface area contributed by atoms with E-state index in [1.165, 1.54) is 44.2 Å². The van der Waals surface area contributed by atoms with Crippen LogP contribution in [0.15, 0.2) is 36.4 Å². The van der Waals surface area contributed by atoms with Crippen molar-refractivity contribution >= 4 is 35.9 Å². The van der Waals surface area contributed by atoms with Gasteiger partial charge in [-0.2, -0.15) is 11.6 Å². The summed E-state index contributed by atoms with van der Waals surface area (Å²) in [6.45, 7) is 4.31. The molecule has 4 rings (SSSR count). The van der Waals surface area contributed by atoms with Gasteiger partial charge in [-0.1, -0.05) is 6.07 Å². The van der Waals surface area contributed by atoms with Crippen LogP contribution in [0.2, 0.25) is 0 Å². The van der Waals surface area contributed by atoms with Gasteiger partial charge in [0.25, 0.3) is 23.6 Å². The first-order valence-corrected chi connectivity index (χ1v) is 10.3. The van der Waals surface area contributed by atoms with Crippen molar-refractivity contribution < 1.29 is 103 Å². The minimum absolute atomic E-state index is 0. The van der Waals surface area contributed by atoms with E-state index in [4.69, 9.17) is 4.74 Å². The fourth-order valence-corrected chi connectivity index (χ4v) is 4.04. The van der Waals surface area contributed by atoms with Crippen LogP contribution in [0.25, 0.3) is 0 Å². The Morgan fingerprint density at radius 1 is 0.919 bits per heavy atom. The standard InChI is InChI=1S/C24H19N2O8.2Na.H2O/c1-12(25-19(28)15-7-5-14(23(32)33)9-18(15)20(25)29)11-34-24(2,3)26-21(30)16-6-4-13(10-27)8-17(16)22(26)31;;;/h4-9,12H,11H2,1-3H3,(H,32,33);;;1H2/q-1;2*+1;/p-2. The molecule has 2 aromatic rings. The normalized spacial score (nSPS) is 14.8. The fraction of sp³-hybridized carbons (Fsp3) is 0.250. The van der Waals surface area contributed by atoms with Crippen LogP contribution >= 0.6 is 0 Å². The van der Waals surface area contributed by atoms with Crippen molar-refractivity contribution in [2.24, 2.45) is 0 Å². The van der Waals surface area contributed by atoms with Gasteiger partial charge in [0.2, 0.25) is 0 Å². The maximum atomic E-state index is 12.9. The molecule has 1 N–H and O–H groups in total. The van der Waals surface area contributed by atoms with Crippen LogP contribution in [0.1, 0.15) is 78.1 Å². The number of ether oxygens (including phenoxy) is 1. The molecule has 0 spiro atoms. The first-order chi connectivity index (χ1) is 16.0.